The summed E-state index contributed by atoms with van der Waals surface area (Å²) in [6, 6.07) is 4.07. The molecule has 0 saturated carbocycles. The molecule has 102 valence electrons. The van der Waals surface area contributed by atoms with E-state index in [4.69, 9.17) is 0 Å². The van der Waals surface area contributed by atoms with Crippen molar-refractivity contribution in [2.24, 2.45) is 0 Å². The van der Waals surface area contributed by atoms with Gasteiger partial charge in [0, 0.05) is 24.5 Å². The van der Waals surface area contributed by atoms with Crippen molar-refractivity contribution in [1.29, 1.82) is 0 Å². The zero-order chi connectivity index (χ0) is 12.3. The number of carbonyl (C=O) groups is 1. The highest BCUT2D eigenvalue weighted by Gasteiger charge is 2.34. The summed E-state index contributed by atoms with van der Waals surface area (Å²) in [5.41, 5.74) is -0.390. The summed E-state index contributed by atoms with van der Waals surface area (Å²) in [7, 11) is 0. The van der Waals surface area contributed by atoms with Crippen LogP contribution in [0.4, 0.5) is 0 Å². The van der Waals surface area contributed by atoms with E-state index in [0.29, 0.717) is 0 Å². The number of hydrogen-bond acceptors (Lipinski definition) is 3. The zero-order valence-electron chi connectivity index (χ0n) is 10.9. The van der Waals surface area contributed by atoms with Gasteiger partial charge in [0.25, 0.3) is 0 Å². The minimum atomic E-state index is -0.390. The van der Waals surface area contributed by atoms with Crippen LogP contribution < -0.4 is 5.32 Å². The van der Waals surface area contributed by atoms with Crippen molar-refractivity contribution in [3.05, 3.63) is 22.4 Å². The quantitative estimate of drug-likeness (QED) is 0.905. The third-order valence-electron chi connectivity index (χ3n) is 3.30. The van der Waals surface area contributed by atoms with E-state index in [1.165, 1.54) is 0 Å². The average molecular weight is 289 g/mol. The lowest BCUT2D eigenvalue weighted by Gasteiger charge is -2.30. The minimum Gasteiger partial charge on any atom is -0.341 e. The summed E-state index contributed by atoms with van der Waals surface area (Å²) in [6.07, 6.45) is 1.05. The van der Waals surface area contributed by atoms with Crippen molar-refractivity contribution in [1.82, 2.24) is 10.2 Å². The molecule has 1 saturated heterocycles. The Bertz CT molecular complexity index is 370. The first-order valence-corrected chi connectivity index (χ1v) is 7.04. The predicted octanol–water partition coefficient (Wildman–Crippen LogP) is 2.27. The first-order chi connectivity index (χ1) is 8.12. The van der Waals surface area contributed by atoms with Gasteiger partial charge in [-0.2, -0.15) is 0 Å². The van der Waals surface area contributed by atoms with Gasteiger partial charge in [-0.15, -0.1) is 23.7 Å². The molecule has 0 aromatic carbocycles. The lowest BCUT2D eigenvalue weighted by Crippen LogP contribution is -2.44. The SMILES string of the molecule is CC(C)(C(=O)N1CCCNCC1)c1cccs1.Cl. The Morgan fingerprint density at radius 2 is 2.17 bits per heavy atom. The van der Waals surface area contributed by atoms with Gasteiger partial charge in [0.1, 0.15) is 0 Å². The average Bonchev–Trinajstić information content (AvgIpc) is 2.72. The Labute approximate surface area is 119 Å². The van der Waals surface area contributed by atoms with Crippen molar-refractivity contribution < 1.29 is 4.79 Å². The Morgan fingerprint density at radius 3 is 2.83 bits per heavy atom. The maximum Gasteiger partial charge on any atom is 0.233 e. The predicted molar refractivity (Wildman–Crippen MR) is 78.7 cm³/mol. The van der Waals surface area contributed by atoms with Crippen molar-refractivity contribution in [3.63, 3.8) is 0 Å². The van der Waals surface area contributed by atoms with Crippen LogP contribution in [-0.2, 0) is 10.2 Å². The molecule has 2 heterocycles. The number of halogens is 1. The number of rotatable bonds is 2. The normalized spacial score (nSPS) is 16.9. The lowest BCUT2D eigenvalue weighted by molar-refractivity contribution is -0.135. The molecular weight excluding hydrogens is 268 g/mol. The van der Waals surface area contributed by atoms with Crippen LogP contribution >= 0.6 is 23.7 Å². The Morgan fingerprint density at radius 1 is 1.39 bits per heavy atom. The number of amides is 1. The molecule has 1 aliphatic rings. The van der Waals surface area contributed by atoms with Crippen LogP contribution in [0.1, 0.15) is 25.1 Å². The summed E-state index contributed by atoms with van der Waals surface area (Å²) >= 11 is 1.66. The second kappa shape index (κ2) is 6.55. The van der Waals surface area contributed by atoms with Crippen molar-refractivity contribution in [3.8, 4) is 0 Å². The summed E-state index contributed by atoms with van der Waals surface area (Å²) in [6.45, 7) is 7.68. The van der Waals surface area contributed by atoms with Crippen LogP contribution in [0.3, 0.4) is 0 Å². The molecule has 1 amide bonds. The smallest absolute Gasteiger partial charge is 0.233 e. The molecule has 1 fully saturated rings. The molecule has 2 rings (SSSR count). The molecule has 3 nitrogen and oxygen atoms in total. The van der Waals surface area contributed by atoms with Gasteiger partial charge in [-0.05, 0) is 38.3 Å². The lowest BCUT2D eigenvalue weighted by atomic mass is 9.89. The molecule has 1 N–H and O–H groups in total. The molecule has 5 heteroatoms. The molecule has 0 spiro atoms. The summed E-state index contributed by atoms with van der Waals surface area (Å²) < 4.78 is 0. The van der Waals surface area contributed by atoms with E-state index in [9.17, 15) is 4.79 Å². The molecule has 0 radical (unpaired) electrons. The summed E-state index contributed by atoms with van der Waals surface area (Å²) in [4.78, 5) is 15.7. The molecule has 0 unspecified atom stereocenters. The molecular formula is C13H21ClN2OS. The Balaban J connectivity index is 0.00000162. The molecule has 1 aromatic heterocycles. The van der Waals surface area contributed by atoms with Gasteiger partial charge in [-0.1, -0.05) is 6.07 Å². The molecule has 0 atom stereocenters. The van der Waals surface area contributed by atoms with Crippen LogP contribution in [0.25, 0.3) is 0 Å². The maximum absolute atomic E-state index is 12.6. The highest BCUT2D eigenvalue weighted by atomic mass is 35.5. The van der Waals surface area contributed by atoms with Crippen LogP contribution in [-0.4, -0.2) is 37.0 Å². The largest absolute Gasteiger partial charge is 0.341 e. The third kappa shape index (κ3) is 3.25. The minimum absolute atomic E-state index is 0. The van der Waals surface area contributed by atoms with Crippen molar-refractivity contribution in [2.45, 2.75) is 25.7 Å². The third-order valence-corrected chi connectivity index (χ3v) is 4.49. The number of nitrogens with one attached hydrogen (secondary N) is 1. The van der Waals surface area contributed by atoms with E-state index >= 15 is 0 Å². The van der Waals surface area contributed by atoms with Gasteiger partial charge in [0.05, 0.1) is 5.41 Å². The fourth-order valence-corrected chi connectivity index (χ4v) is 3.03. The first-order valence-electron chi connectivity index (χ1n) is 6.16. The molecule has 1 aliphatic heterocycles. The monoisotopic (exact) mass is 288 g/mol. The number of hydrogen-bond donors (Lipinski definition) is 1. The highest BCUT2D eigenvalue weighted by molar-refractivity contribution is 7.10. The van der Waals surface area contributed by atoms with Gasteiger partial charge in [0.2, 0.25) is 5.91 Å². The second-order valence-electron chi connectivity index (χ2n) is 5.00. The number of thiophene rings is 1. The molecule has 0 bridgehead atoms. The fourth-order valence-electron chi connectivity index (χ4n) is 2.18. The zero-order valence-corrected chi connectivity index (χ0v) is 12.6. The van der Waals surface area contributed by atoms with E-state index in [1.807, 2.05) is 30.2 Å². The first kappa shape index (κ1) is 15.5. The topological polar surface area (TPSA) is 32.3 Å². The van der Waals surface area contributed by atoms with E-state index in [-0.39, 0.29) is 18.3 Å². The summed E-state index contributed by atoms with van der Waals surface area (Å²) in [5, 5.41) is 5.36. The van der Waals surface area contributed by atoms with Crippen molar-refractivity contribution >= 4 is 29.7 Å². The van der Waals surface area contributed by atoms with Crippen LogP contribution in [0.2, 0.25) is 0 Å². The molecule has 0 aliphatic carbocycles. The summed E-state index contributed by atoms with van der Waals surface area (Å²) in [5.74, 6) is 0.253. The van der Waals surface area contributed by atoms with Crippen LogP contribution in [0.5, 0.6) is 0 Å². The molecule has 18 heavy (non-hydrogen) atoms. The van der Waals surface area contributed by atoms with Gasteiger partial charge in [0.15, 0.2) is 0 Å². The maximum atomic E-state index is 12.6. The van der Waals surface area contributed by atoms with Gasteiger partial charge < -0.3 is 10.2 Å². The van der Waals surface area contributed by atoms with Crippen molar-refractivity contribution in [2.75, 3.05) is 26.2 Å². The van der Waals surface area contributed by atoms with Gasteiger partial charge >= 0.3 is 0 Å². The van der Waals surface area contributed by atoms with E-state index in [2.05, 4.69) is 11.4 Å². The van der Waals surface area contributed by atoms with E-state index in [1.54, 1.807) is 11.3 Å². The van der Waals surface area contributed by atoms with Gasteiger partial charge in [-0.25, -0.2) is 0 Å². The van der Waals surface area contributed by atoms with Crippen LogP contribution in [0.15, 0.2) is 17.5 Å². The number of carbonyl (C=O) groups excluding carboxylic acids is 1. The highest BCUT2D eigenvalue weighted by Crippen LogP contribution is 2.29. The van der Waals surface area contributed by atoms with Crippen LogP contribution in [0, 0.1) is 0 Å². The number of nitrogens with zero attached hydrogens (tertiary/aromatic N) is 1. The van der Waals surface area contributed by atoms with Gasteiger partial charge in [-0.3, -0.25) is 4.79 Å². The Hall–Kier alpha value is -0.580. The molecule has 1 aromatic rings. The standard InChI is InChI=1S/C13H20N2OS.ClH/c1-13(2,11-5-3-10-17-11)12(16)15-8-4-6-14-7-9-15;/h3,5,10,14H,4,6-9H2,1-2H3;1H. The Kier molecular flexibility index (Phi) is 5.63. The fraction of sp³-hybridized carbons (Fsp3) is 0.615. The van der Waals surface area contributed by atoms with E-state index in [0.717, 1.165) is 37.5 Å². The van der Waals surface area contributed by atoms with E-state index < -0.39 is 5.41 Å². The second-order valence-corrected chi connectivity index (χ2v) is 5.95.